The smallest absolute Gasteiger partial charge is 0.0468 e. The topological polar surface area (TPSA) is 21.3 Å². The zero-order valence-corrected chi connectivity index (χ0v) is 9.77. The molecule has 1 fully saturated rings. The van der Waals surface area contributed by atoms with Crippen molar-refractivity contribution in [2.45, 2.75) is 45.4 Å². The highest BCUT2D eigenvalue weighted by Gasteiger charge is 2.32. The molecule has 0 radical (unpaired) electrons. The van der Waals surface area contributed by atoms with Crippen LogP contribution in [0.3, 0.4) is 0 Å². The fourth-order valence-corrected chi connectivity index (χ4v) is 2.49. The molecular formula is C12H25NO. The van der Waals surface area contributed by atoms with E-state index in [9.17, 15) is 0 Å². The van der Waals surface area contributed by atoms with Crippen molar-refractivity contribution in [2.75, 3.05) is 26.8 Å². The lowest BCUT2D eigenvalue weighted by atomic mass is 9.83. The van der Waals surface area contributed by atoms with Gasteiger partial charge in [0.2, 0.25) is 0 Å². The Morgan fingerprint density at radius 1 is 1.29 bits per heavy atom. The third-order valence-corrected chi connectivity index (χ3v) is 3.43. The summed E-state index contributed by atoms with van der Waals surface area (Å²) in [5.74, 6) is 0. The molecule has 0 aromatic heterocycles. The quantitative estimate of drug-likeness (QED) is 0.636. The number of hydrogen-bond acceptors (Lipinski definition) is 2. The van der Waals surface area contributed by atoms with Crippen molar-refractivity contribution in [3.8, 4) is 0 Å². The summed E-state index contributed by atoms with van der Waals surface area (Å²) in [6.07, 6.45) is 8.09. The first-order valence-corrected chi connectivity index (χ1v) is 6.03. The lowest BCUT2D eigenvalue weighted by Gasteiger charge is -2.29. The molecule has 0 aromatic rings. The van der Waals surface area contributed by atoms with Gasteiger partial charge < -0.3 is 10.1 Å². The van der Waals surface area contributed by atoms with Crippen molar-refractivity contribution in [2.24, 2.45) is 5.41 Å². The van der Waals surface area contributed by atoms with Crippen LogP contribution in [0.5, 0.6) is 0 Å². The molecule has 0 bridgehead atoms. The summed E-state index contributed by atoms with van der Waals surface area (Å²) in [6, 6.07) is 0. The number of methoxy groups -OCH3 is 1. The van der Waals surface area contributed by atoms with Gasteiger partial charge in [-0.15, -0.1) is 0 Å². The first-order chi connectivity index (χ1) is 6.83. The molecule has 84 valence electrons. The third kappa shape index (κ3) is 3.58. The molecule has 0 aromatic carbocycles. The van der Waals surface area contributed by atoms with E-state index in [-0.39, 0.29) is 0 Å². The van der Waals surface area contributed by atoms with Crippen LogP contribution < -0.4 is 5.32 Å². The van der Waals surface area contributed by atoms with Gasteiger partial charge in [0.25, 0.3) is 0 Å². The fourth-order valence-electron chi connectivity index (χ4n) is 2.49. The number of rotatable bonds is 7. The fraction of sp³-hybridized carbons (Fsp3) is 1.00. The number of nitrogens with one attached hydrogen (secondary N) is 1. The summed E-state index contributed by atoms with van der Waals surface area (Å²) >= 11 is 0. The van der Waals surface area contributed by atoms with Crippen LogP contribution in [0.4, 0.5) is 0 Å². The molecule has 0 amide bonds. The van der Waals surface area contributed by atoms with E-state index in [2.05, 4.69) is 12.2 Å². The van der Waals surface area contributed by atoms with Crippen LogP contribution in [0.15, 0.2) is 0 Å². The second-order valence-corrected chi connectivity index (χ2v) is 4.63. The van der Waals surface area contributed by atoms with Crippen molar-refractivity contribution in [1.82, 2.24) is 5.32 Å². The molecule has 2 heteroatoms. The van der Waals surface area contributed by atoms with E-state index >= 15 is 0 Å². The summed E-state index contributed by atoms with van der Waals surface area (Å²) < 4.78 is 5.21. The maximum absolute atomic E-state index is 5.21. The second kappa shape index (κ2) is 6.41. The van der Waals surface area contributed by atoms with E-state index in [1.165, 1.54) is 45.1 Å². The monoisotopic (exact) mass is 199 g/mol. The molecule has 0 atom stereocenters. The van der Waals surface area contributed by atoms with Crippen LogP contribution in [0, 0.1) is 5.41 Å². The molecule has 14 heavy (non-hydrogen) atoms. The lowest BCUT2D eigenvalue weighted by molar-refractivity contribution is 0.135. The Morgan fingerprint density at radius 3 is 2.57 bits per heavy atom. The van der Waals surface area contributed by atoms with Crippen LogP contribution in [-0.4, -0.2) is 26.8 Å². The van der Waals surface area contributed by atoms with E-state index in [4.69, 9.17) is 4.74 Å². The van der Waals surface area contributed by atoms with Crippen molar-refractivity contribution < 1.29 is 4.74 Å². The van der Waals surface area contributed by atoms with E-state index in [0.717, 1.165) is 13.2 Å². The number of hydrogen-bond donors (Lipinski definition) is 1. The third-order valence-electron chi connectivity index (χ3n) is 3.43. The summed E-state index contributed by atoms with van der Waals surface area (Å²) in [5.41, 5.74) is 0.561. The average molecular weight is 199 g/mol. The highest BCUT2D eigenvalue weighted by molar-refractivity contribution is 4.86. The van der Waals surface area contributed by atoms with Crippen molar-refractivity contribution in [1.29, 1.82) is 0 Å². The zero-order valence-electron chi connectivity index (χ0n) is 9.77. The molecule has 0 unspecified atom stereocenters. The highest BCUT2D eigenvalue weighted by Crippen LogP contribution is 2.40. The van der Waals surface area contributed by atoms with Crippen molar-refractivity contribution in [3.63, 3.8) is 0 Å². The van der Waals surface area contributed by atoms with Gasteiger partial charge in [-0.3, -0.25) is 0 Å². The van der Waals surface area contributed by atoms with Gasteiger partial charge in [-0.2, -0.15) is 0 Å². The SMILES string of the molecule is CCCNCC1(CCOC)CCCC1. The normalized spacial score (nSPS) is 20.1. The maximum Gasteiger partial charge on any atom is 0.0468 e. The van der Waals surface area contributed by atoms with Gasteiger partial charge in [-0.25, -0.2) is 0 Å². The second-order valence-electron chi connectivity index (χ2n) is 4.63. The largest absolute Gasteiger partial charge is 0.385 e. The predicted octanol–water partition coefficient (Wildman–Crippen LogP) is 2.58. The first-order valence-electron chi connectivity index (χ1n) is 6.03. The van der Waals surface area contributed by atoms with Gasteiger partial charge in [-0.05, 0) is 37.6 Å². The molecule has 0 saturated heterocycles. The van der Waals surface area contributed by atoms with E-state index in [1.807, 2.05) is 7.11 Å². The predicted molar refractivity (Wildman–Crippen MR) is 60.6 cm³/mol. The Morgan fingerprint density at radius 2 is 2.00 bits per heavy atom. The summed E-state index contributed by atoms with van der Waals surface area (Å²) in [4.78, 5) is 0. The lowest BCUT2D eigenvalue weighted by Crippen LogP contribution is -2.33. The Kier molecular flexibility index (Phi) is 5.49. The number of ether oxygens (including phenoxy) is 1. The molecule has 0 spiro atoms. The van der Waals surface area contributed by atoms with Gasteiger partial charge in [0.1, 0.15) is 0 Å². The summed E-state index contributed by atoms with van der Waals surface area (Å²) in [7, 11) is 1.81. The molecule has 1 aliphatic rings. The van der Waals surface area contributed by atoms with Crippen LogP contribution in [0.1, 0.15) is 45.4 Å². The zero-order chi connectivity index (χ0) is 10.3. The van der Waals surface area contributed by atoms with E-state index < -0.39 is 0 Å². The summed E-state index contributed by atoms with van der Waals surface area (Å²) in [5, 5.41) is 3.57. The van der Waals surface area contributed by atoms with E-state index in [0.29, 0.717) is 5.41 Å². The van der Waals surface area contributed by atoms with Crippen LogP contribution in [-0.2, 0) is 4.74 Å². The van der Waals surface area contributed by atoms with Crippen molar-refractivity contribution >= 4 is 0 Å². The van der Waals surface area contributed by atoms with Gasteiger partial charge in [0, 0.05) is 20.3 Å². The highest BCUT2D eigenvalue weighted by atomic mass is 16.5. The van der Waals surface area contributed by atoms with Gasteiger partial charge in [-0.1, -0.05) is 19.8 Å². The molecular weight excluding hydrogens is 174 g/mol. The maximum atomic E-state index is 5.21. The molecule has 1 saturated carbocycles. The molecule has 1 aliphatic carbocycles. The van der Waals surface area contributed by atoms with E-state index in [1.54, 1.807) is 0 Å². The molecule has 1 rings (SSSR count). The van der Waals surface area contributed by atoms with Gasteiger partial charge in [0.15, 0.2) is 0 Å². The first kappa shape index (κ1) is 12.0. The van der Waals surface area contributed by atoms with Gasteiger partial charge in [0.05, 0.1) is 0 Å². The molecule has 1 N–H and O–H groups in total. The Labute approximate surface area is 88.4 Å². The average Bonchev–Trinajstić information content (AvgIpc) is 2.65. The molecule has 2 nitrogen and oxygen atoms in total. The van der Waals surface area contributed by atoms with Crippen LogP contribution in [0.25, 0.3) is 0 Å². The Bertz CT molecular complexity index is 141. The summed E-state index contributed by atoms with van der Waals surface area (Å²) in [6.45, 7) is 5.51. The molecule has 0 heterocycles. The minimum absolute atomic E-state index is 0.561. The Hall–Kier alpha value is -0.0800. The van der Waals surface area contributed by atoms with Crippen LogP contribution in [0.2, 0.25) is 0 Å². The Balaban J connectivity index is 2.28. The standard InChI is InChI=1S/C12H25NO/c1-3-9-13-11-12(8-10-14-2)6-4-5-7-12/h13H,3-11H2,1-2H3. The van der Waals surface area contributed by atoms with Crippen LogP contribution >= 0.6 is 0 Å². The minimum Gasteiger partial charge on any atom is -0.385 e. The molecule has 0 aliphatic heterocycles. The van der Waals surface area contributed by atoms with Crippen molar-refractivity contribution in [3.05, 3.63) is 0 Å². The van der Waals surface area contributed by atoms with Gasteiger partial charge >= 0.3 is 0 Å². The minimum atomic E-state index is 0.561.